The quantitative estimate of drug-likeness (QED) is 0.928. The van der Waals surface area contributed by atoms with Crippen LogP contribution in [-0.2, 0) is 4.79 Å². The molecule has 1 fully saturated rings. The lowest BCUT2D eigenvalue weighted by Crippen LogP contribution is -2.23. The molecule has 4 nitrogen and oxygen atoms in total. The molecule has 2 amide bonds. The summed E-state index contributed by atoms with van der Waals surface area (Å²) in [5.41, 5.74) is 1.65. The maximum atomic E-state index is 13.1. The first kappa shape index (κ1) is 15.5. The summed E-state index contributed by atoms with van der Waals surface area (Å²) in [6, 6.07) is 10.8. The summed E-state index contributed by atoms with van der Waals surface area (Å²) in [6.45, 7) is 0.707. The number of benzene rings is 2. The van der Waals surface area contributed by atoms with Gasteiger partial charge in [0.1, 0.15) is 5.82 Å². The first-order chi connectivity index (χ1) is 11.0. The van der Waals surface area contributed by atoms with Gasteiger partial charge in [0.15, 0.2) is 0 Å². The smallest absolute Gasteiger partial charge is 0.255 e. The monoisotopic (exact) mass is 332 g/mol. The summed E-state index contributed by atoms with van der Waals surface area (Å²) in [7, 11) is 0. The standard InChI is InChI=1S/C17H14ClFN2O2/c18-14-10-12(5-8-15(14)19)20-17(23)11-3-6-13(7-4-11)21-9-1-2-16(21)22/h3-8,10H,1-2,9H2,(H,20,23). The highest BCUT2D eigenvalue weighted by Crippen LogP contribution is 2.23. The van der Waals surface area contributed by atoms with Crippen LogP contribution in [0.15, 0.2) is 42.5 Å². The van der Waals surface area contributed by atoms with Gasteiger partial charge in [-0.3, -0.25) is 9.59 Å². The van der Waals surface area contributed by atoms with E-state index in [1.807, 2.05) is 0 Å². The molecule has 1 aliphatic rings. The van der Waals surface area contributed by atoms with Crippen molar-refractivity contribution in [2.24, 2.45) is 0 Å². The van der Waals surface area contributed by atoms with Gasteiger partial charge in [-0.1, -0.05) is 11.6 Å². The van der Waals surface area contributed by atoms with Crippen molar-refractivity contribution in [2.75, 3.05) is 16.8 Å². The summed E-state index contributed by atoms with van der Waals surface area (Å²) >= 11 is 5.69. The van der Waals surface area contributed by atoms with Crippen molar-refractivity contribution in [1.29, 1.82) is 0 Å². The molecule has 0 aromatic heterocycles. The number of hydrogen-bond acceptors (Lipinski definition) is 2. The van der Waals surface area contributed by atoms with E-state index in [4.69, 9.17) is 11.6 Å². The van der Waals surface area contributed by atoms with Crippen molar-refractivity contribution in [3.63, 3.8) is 0 Å². The fourth-order valence-electron chi connectivity index (χ4n) is 2.49. The Kier molecular flexibility index (Phi) is 4.30. The second kappa shape index (κ2) is 6.38. The van der Waals surface area contributed by atoms with E-state index < -0.39 is 5.82 Å². The van der Waals surface area contributed by atoms with Gasteiger partial charge in [-0.05, 0) is 48.9 Å². The van der Waals surface area contributed by atoms with E-state index in [9.17, 15) is 14.0 Å². The predicted octanol–water partition coefficient (Wildman–Crippen LogP) is 3.86. The van der Waals surface area contributed by atoms with Crippen molar-refractivity contribution in [1.82, 2.24) is 0 Å². The second-order valence-corrected chi connectivity index (χ2v) is 5.69. The van der Waals surface area contributed by atoms with Gasteiger partial charge in [-0.15, -0.1) is 0 Å². The van der Waals surface area contributed by atoms with E-state index in [0.29, 0.717) is 24.2 Å². The molecule has 0 saturated carbocycles. The highest BCUT2D eigenvalue weighted by atomic mass is 35.5. The molecule has 1 heterocycles. The number of rotatable bonds is 3. The third-order valence-electron chi connectivity index (χ3n) is 3.69. The Morgan fingerprint density at radius 1 is 1.17 bits per heavy atom. The molecule has 1 N–H and O–H groups in total. The van der Waals surface area contributed by atoms with E-state index in [0.717, 1.165) is 12.1 Å². The van der Waals surface area contributed by atoms with Crippen LogP contribution >= 0.6 is 11.6 Å². The molecule has 0 aliphatic carbocycles. The Morgan fingerprint density at radius 2 is 1.91 bits per heavy atom. The molecule has 0 bridgehead atoms. The van der Waals surface area contributed by atoms with Gasteiger partial charge in [0.05, 0.1) is 5.02 Å². The molecule has 6 heteroatoms. The zero-order valence-electron chi connectivity index (χ0n) is 12.2. The van der Waals surface area contributed by atoms with Crippen LogP contribution in [0.25, 0.3) is 0 Å². The second-order valence-electron chi connectivity index (χ2n) is 5.28. The fourth-order valence-corrected chi connectivity index (χ4v) is 2.67. The highest BCUT2D eigenvalue weighted by Gasteiger charge is 2.21. The topological polar surface area (TPSA) is 49.4 Å². The lowest BCUT2D eigenvalue weighted by molar-refractivity contribution is -0.117. The maximum Gasteiger partial charge on any atom is 0.255 e. The van der Waals surface area contributed by atoms with Gasteiger partial charge < -0.3 is 10.2 Å². The SMILES string of the molecule is O=C(Nc1ccc(F)c(Cl)c1)c1ccc(N2CCCC2=O)cc1. The third-order valence-corrected chi connectivity index (χ3v) is 3.98. The molecule has 0 unspecified atom stereocenters. The Morgan fingerprint density at radius 3 is 2.52 bits per heavy atom. The molecule has 0 atom stereocenters. The van der Waals surface area contributed by atoms with Crippen molar-refractivity contribution in [3.05, 3.63) is 58.9 Å². The number of carbonyl (C=O) groups excluding carboxylic acids is 2. The molecular formula is C17H14ClFN2O2. The minimum Gasteiger partial charge on any atom is -0.322 e. The summed E-state index contributed by atoms with van der Waals surface area (Å²) in [4.78, 5) is 25.6. The van der Waals surface area contributed by atoms with Gasteiger partial charge in [0.25, 0.3) is 5.91 Å². The maximum absolute atomic E-state index is 13.1. The van der Waals surface area contributed by atoms with Gasteiger partial charge in [0, 0.05) is 29.9 Å². The van der Waals surface area contributed by atoms with E-state index in [-0.39, 0.29) is 16.8 Å². The third kappa shape index (κ3) is 3.35. The molecule has 0 radical (unpaired) electrons. The largest absolute Gasteiger partial charge is 0.322 e. The van der Waals surface area contributed by atoms with Crippen molar-refractivity contribution < 1.29 is 14.0 Å². The van der Waals surface area contributed by atoms with Gasteiger partial charge in [0.2, 0.25) is 5.91 Å². The van der Waals surface area contributed by atoms with Crippen LogP contribution in [-0.4, -0.2) is 18.4 Å². The summed E-state index contributed by atoms with van der Waals surface area (Å²) in [6.07, 6.45) is 1.42. The van der Waals surface area contributed by atoms with E-state index in [1.54, 1.807) is 29.2 Å². The average Bonchev–Trinajstić information content (AvgIpc) is 2.97. The molecule has 1 aliphatic heterocycles. The Bertz CT molecular complexity index is 762. The first-order valence-corrected chi connectivity index (χ1v) is 7.59. The molecule has 3 rings (SSSR count). The number of halogens is 2. The molecule has 2 aromatic rings. The van der Waals surface area contributed by atoms with Crippen LogP contribution in [0.3, 0.4) is 0 Å². The molecule has 23 heavy (non-hydrogen) atoms. The Labute approximate surface area is 137 Å². The zero-order chi connectivity index (χ0) is 16.4. The van der Waals surface area contributed by atoms with Crippen molar-refractivity contribution >= 4 is 34.8 Å². The molecular weight excluding hydrogens is 319 g/mol. The highest BCUT2D eigenvalue weighted by molar-refractivity contribution is 6.31. The van der Waals surface area contributed by atoms with Gasteiger partial charge >= 0.3 is 0 Å². The Balaban J connectivity index is 1.72. The van der Waals surface area contributed by atoms with Crippen LogP contribution in [0.5, 0.6) is 0 Å². The lowest BCUT2D eigenvalue weighted by atomic mass is 10.1. The number of carbonyl (C=O) groups is 2. The van der Waals surface area contributed by atoms with Crippen LogP contribution in [0.1, 0.15) is 23.2 Å². The predicted molar refractivity (Wildman–Crippen MR) is 87.4 cm³/mol. The summed E-state index contributed by atoms with van der Waals surface area (Å²) in [5, 5.41) is 2.60. The summed E-state index contributed by atoms with van der Waals surface area (Å²) < 4.78 is 13.1. The van der Waals surface area contributed by atoms with E-state index >= 15 is 0 Å². The number of nitrogens with zero attached hydrogens (tertiary/aromatic N) is 1. The normalized spacial score (nSPS) is 14.2. The number of amides is 2. The molecule has 1 saturated heterocycles. The average molecular weight is 333 g/mol. The minimum atomic E-state index is -0.538. The lowest BCUT2D eigenvalue weighted by Gasteiger charge is -2.15. The number of nitrogens with one attached hydrogen (secondary N) is 1. The zero-order valence-corrected chi connectivity index (χ0v) is 12.9. The Hall–Kier alpha value is -2.40. The van der Waals surface area contributed by atoms with Crippen LogP contribution in [0.4, 0.5) is 15.8 Å². The van der Waals surface area contributed by atoms with Gasteiger partial charge in [-0.2, -0.15) is 0 Å². The first-order valence-electron chi connectivity index (χ1n) is 7.21. The number of hydrogen-bond donors (Lipinski definition) is 1. The molecule has 2 aromatic carbocycles. The van der Waals surface area contributed by atoms with Crippen LogP contribution in [0.2, 0.25) is 5.02 Å². The van der Waals surface area contributed by atoms with E-state index in [1.165, 1.54) is 18.2 Å². The minimum absolute atomic E-state index is 0.0503. The number of anilines is 2. The van der Waals surface area contributed by atoms with Crippen LogP contribution in [0, 0.1) is 5.82 Å². The van der Waals surface area contributed by atoms with Crippen LogP contribution < -0.4 is 10.2 Å². The summed E-state index contributed by atoms with van der Waals surface area (Å²) in [5.74, 6) is -0.764. The molecule has 0 spiro atoms. The van der Waals surface area contributed by atoms with Gasteiger partial charge in [-0.25, -0.2) is 4.39 Å². The van der Waals surface area contributed by atoms with Crippen molar-refractivity contribution in [3.8, 4) is 0 Å². The van der Waals surface area contributed by atoms with E-state index in [2.05, 4.69) is 5.32 Å². The fraction of sp³-hybridized carbons (Fsp3) is 0.176. The molecule has 118 valence electrons. The van der Waals surface area contributed by atoms with Crippen molar-refractivity contribution in [2.45, 2.75) is 12.8 Å².